The molecule has 0 aliphatic rings. The number of hydrogen-bond acceptors (Lipinski definition) is 3. The fourth-order valence-corrected chi connectivity index (χ4v) is 3.50. The van der Waals surface area contributed by atoms with Crippen LogP contribution in [0.1, 0.15) is 52.4 Å². The molecule has 7 heteroatoms. The number of phosphoric ester groups is 1. The molecule has 0 aromatic heterocycles. The first kappa shape index (κ1) is 19.7. The van der Waals surface area contributed by atoms with Crippen LogP contribution in [-0.2, 0) is 13.6 Å². The normalized spacial score (nSPS) is 17.9. The van der Waals surface area contributed by atoms with Crippen LogP contribution in [0.2, 0.25) is 0 Å². The third-order valence-electron chi connectivity index (χ3n) is 2.65. The predicted molar refractivity (Wildman–Crippen MR) is 80.1 cm³/mol. The summed E-state index contributed by atoms with van der Waals surface area (Å²) in [5.74, 6) is 0.787. The van der Waals surface area contributed by atoms with E-state index in [1.54, 1.807) is 0 Å². The monoisotopic (exact) mass is 334 g/mol. The van der Waals surface area contributed by atoms with Crippen LogP contribution in [0.3, 0.4) is 0 Å². The van der Waals surface area contributed by atoms with Gasteiger partial charge in [0.2, 0.25) is 0 Å². The van der Waals surface area contributed by atoms with E-state index in [0.29, 0.717) is 37.4 Å². The van der Waals surface area contributed by atoms with E-state index in [9.17, 15) is 9.46 Å². The summed E-state index contributed by atoms with van der Waals surface area (Å²) in [5, 5.41) is 0. The molecule has 0 fully saturated rings. The summed E-state index contributed by atoms with van der Waals surface area (Å²) < 4.78 is 22.4. The zero-order valence-electron chi connectivity index (χ0n) is 11.7. The molecule has 1 N–H and O–H groups in total. The van der Waals surface area contributed by atoms with E-state index in [2.05, 4.69) is 0 Å². The Bertz CT molecular complexity index is 232. The molecule has 2 atom stereocenters. The van der Waals surface area contributed by atoms with Gasteiger partial charge in [-0.3, -0.25) is 9.05 Å². The summed E-state index contributed by atoms with van der Waals surface area (Å²) in [4.78, 5) is 9.79. The van der Waals surface area contributed by atoms with Gasteiger partial charge in [-0.2, -0.15) is 0 Å². The molecule has 0 aliphatic carbocycles. The lowest BCUT2D eigenvalue weighted by atomic mass is 10.2. The van der Waals surface area contributed by atoms with Crippen molar-refractivity contribution in [3.05, 3.63) is 0 Å². The van der Waals surface area contributed by atoms with Crippen LogP contribution in [0.4, 0.5) is 0 Å². The van der Waals surface area contributed by atoms with Crippen molar-refractivity contribution >= 4 is 31.0 Å². The fraction of sp³-hybridized carbons (Fsp3) is 1.00. The average Bonchev–Trinajstić information content (AvgIpc) is 2.29. The Hall–Kier alpha value is 0.690. The molecule has 4 nitrogen and oxygen atoms in total. The molecule has 0 aliphatic heterocycles. The van der Waals surface area contributed by atoms with Crippen LogP contribution in [0, 0.1) is 0 Å². The van der Waals surface area contributed by atoms with Gasteiger partial charge in [0.25, 0.3) is 0 Å². The molecule has 0 aromatic rings. The Labute approximate surface area is 126 Å². The van der Waals surface area contributed by atoms with Gasteiger partial charge < -0.3 is 4.89 Å². The summed E-state index contributed by atoms with van der Waals surface area (Å²) in [5.41, 5.74) is 0. The number of alkyl halides is 2. The number of hydrogen-bond donors (Lipinski definition) is 1. The first-order chi connectivity index (χ1) is 8.99. The topological polar surface area (TPSA) is 55.8 Å². The average molecular weight is 335 g/mol. The van der Waals surface area contributed by atoms with E-state index in [4.69, 9.17) is 32.2 Å². The van der Waals surface area contributed by atoms with E-state index in [1.807, 2.05) is 13.8 Å². The van der Waals surface area contributed by atoms with Crippen molar-refractivity contribution in [2.45, 2.75) is 64.6 Å². The van der Waals surface area contributed by atoms with Gasteiger partial charge in [-0.05, 0) is 25.7 Å². The van der Waals surface area contributed by atoms with Gasteiger partial charge in [-0.15, -0.1) is 23.2 Å². The molecule has 0 rings (SSSR count). The van der Waals surface area contributed by atoms with Crippen LogP contribution in [0.25, 0.3) is 0 Å². The van der Waals surface area contributed by atoms with E-state index in [0.717, 1.165) is 12.8 Å². The quantitative estimate of drug-likeness (QED) is 0.414. The molecule has 0 saturated heterocycles. The zero-order valence-corrected chi connectivity index (χ0v) is 14.1. The van der Waals surface area contributed by atoms with E-state index >= 15 is 0 Å². The summed E-state index contributed by atoms with van der Waals surface area (Å²) in [7, 11) is -4.04. The van der Waals surface area contributed by atoms with Gasteiger partial charge in [0, 0.05) is 11.8 Å². The Morgan fingerprint density at radius 3 is 1.58 bits per heavy atom. The van der Waals surface area contributed by atoms with Crippen molar-refractivity contribution in [2.24, 2.45) is 0 Å². The van der Waals surface area contributed by atoms with E-state index in [1.165, 1.54) is 0 Å². The molecule has 0 amide bonds. The van der Waals surface area contributed by atoms with Crippen molar-refractivity contribution in [1.82, 2.24) is 0 Å². The molecular formula is C12H25Cl2O4P. The molecule has 0 aromatic carbocycles. The molecule has 2 unspecified atom stereocenters. The predicted octanol–water partition coefficient (Wildman–Crippen LogP) is 4.72. The van der Waals surface area contributed by atoms with E-state index < -0.39 is 7.82 Å². The lowest BCUT2D eigenvalue weighted by molar-refractivity contribution is 0.0648. The third-order valence-corrected chi connectivity index (χ3v) is 4.21. The van der Waals surface area contributed by atoms with Gasteiger partial charge >= 0.3 is 7.82 Å². The van der Waals surface area contributed by atoms with Crippen LogP contribution in [-0.4, -0.2) is 28.9 Å². The molecular weight excluding hydrogens is 310 g/mol. The van der Waals surface area contributed by atoms with Gasteiger partial charge in [0.05, 0.1) is 12.2 Å². The van der Waals surface area contributed by atoms with Crippen LogP contribution >= 0.6 is 31.0 Å². The second-order valence-corrected chi connectivity index (χ2v) is 6.57. The van der Waals surface area contributed by atoms with Crippen LogP contribution in [0.5, 0.6) is 0 Å². The largest absolute Gasteiger partial charge is 0.472 e. The maximum atomic E-state index is 12.0. The molecule has 0 saturated carbocycles. The summed E-state index contributed by atoms with van der Waals surface area (Å²) in [6.45, 7) is 3.97. The van der Waals surface area contributed by atoms with Crippen molar-refractivity contribution < 1.29 is 18.5 Å². The first-order valence-corrected chi connectivity index (χ1v) is 9.37. The lowest BCUT2D eigenvalue weighted by Crippen LogP contribution is -2.17. The molecule has 0 bridgehead atoms. The number of phosphoric acid groups is 1. The van der Waals surface area contributed by atoms with Crippen molar-refractivity contribution in [3.63, 3.8) is 0 Å². The van der Waals surface area contributed by atoms with Crippen LogP contribution in [0.15, 0.2) is 0 Å². The van der Waals surface area contributed by atoms with Gasteiger partial charge in [-0.1, -0.05) is 26.7 Å². The molecule has 19 heavy (non-hydrogen) atoms. The highest BCUT2D eigenvalue weighted by Gasteiger charge is 2.29. The van der Waals surface area contributed by atoms with E-state index in [-0.39, 0.29) is 12.2 Å². The molecule has 0 radical (unpaired) electrons. The Balaban J connectivity index is 4.42. The standard InChI is InChI=1S/C12H25Cl2O4P/c1-3-5-11(7-9-13)17-19(15,16)18-12(6-4-2)8-10-14/h11-12H,3-10H2,1-2H3,(H,15,16). The van der Waals surface area contributed by atoms with Gasteiger partial charge in [0.15, 0.2) is 0 Å². The Morgan fingerprint density at radius 2 is 1.32 bits per heavy atom. The second kappa shape index (κ2) is 11.4. The number of halogens is 2. The lowest BCUT2D eigenvalue weighted by Gasteiger charge is -2.23. The maximum absolute atomic E-state index is 12.0. The first-order valence-electron chi connectivity index (χ1n) is 6.80. The highest BCUT2D eigenvalue weighted by molar-refractivity contribution is 7.47. The number of rotatable bonds is 12. The zero-order chi connectivity index (χ0) is 14.7. The second-order valence-electron chi connectivity index (χ2n) is 4.46. The molecule has 116 valence electrons. The smallest absolute Gasteiger partial charge is 0.302 e. The SMILES string of the molecule is CCCC(CCCl)OP(=O)(O)OC(CCC)CCCl. The van der Waals surface area contributed by atoms with Crippen molar-refractivity contribution in [1.29, 1.82) is 0 Å². The minimum Gasteiger partial charge on any atom is -0.302 e. The minimum atomic E-state index is -4.04. The fourth-order valence-electron chi connectivity index (χ4n) is 1.79. The third kappa shape index (κ3) is 10.1. The molecule has 0 spiro atoms. The molecule has 0 heterocycles. The highest BCUT2D eigenvalue weighted by Crippen LogP contribution is 2.48. The summed E-state index contributed by atoms with van der Waals surface area (Å²) >= 11 is 11.3. The van der Waals surface area contributed by atoms with Gasteiger partial charge in [-0.25, -0.2) is 4.57 Å². The van der Waals surface area contributed by atoms with Crippen molar-refractivity contribution in [2.75, 3.05) is 11.8 Å². The summed E-state index contributed by atoms with van der Waals surface area (Å²) in [6, 6.07) is 0. The highest BCUT2D eigenvalue weighted by atomic mass is 35.5. The Morgan fingerprint density at radius 1 is 0.947 bits per heavy atom. The van der Waals surface area contributed by atoms with Gasteiger partial charge in [0.1, 0.15) is 0 Å². The maximum Gasteiger partial charge on any atom is 0.472 e. The summed E-state index contributed by atoms with van der Waals surface area (Å²) in [6.07, 6.45) is 3.51. The van der Waals surface area contributed by atoms with Crippen molar-refractivity contribution in [3.8, 4) is 0 Å². The minimum absolute atomic E-state index is 0.336. The Kier molecular flexibility index (Phi) is 11.8. The van der Waals surface area contributed by atoms with Crippen LogP contribution < -0.4 is 0 Å².